The van der Waals surface area contributed by atoms with E-state index in [-0.39, 0.29) is 64.9 Å². The first-order valence-corrected chi connectivity index (χ1v) is 21.0. The Bertz CT molecular complexity index is 2360. The van der Waals surface area contributed by atoms with Crippen LogP contribution in [0.15, 0.2) is 30.3 Å². The molecule has 0 aliphatic carbocycles. The molecule has 326 valence electrons. The molecule has 0 bridgehead atoms. The van der Waals surface area contributed by atoms with Crippen LogP contribution in [-0.4, -0.2) is 161 Å². The van der Waals surface area contributed by atoms with Gasteiger partial charge in [-0.05, 0) is 49.8 Å². The third-order valence-corrected chi connectivity index (χ3v) is 12.9. The first-order valence-electron chi connectivity index (χ1n) is 21.0. The average Bonchev–Trinajstić information content (AvgIpc) is 3.94. The highest BCUT2D eigenvalue weighted by molar-refractivity contribution is 6.23. The Hall–Kier alpha value is -6.51. The number of nitrogens with zero attached hydrogens (tertiary/aromatic N) is 10. The molecule has 5 fully saturated rings. The molecule has 6 aliphatic rings. The van der Waals surface area contributed by atoms with Crippen molar-refractivity contribution in [1.29, 1.82) is 0 Å². The van der Waals surface area contributed by atoms with Crippen LogP contribution in [0.2, 0.25) is 0 Å². The van der Waals surface area contributed by atoms with Crippen molar-refractivity contribution in [3.8, 4) is 0 Å². The highest BCUT2D eigenvalue weighted by Gasteiger charge is 2.45. The van der Waals surface area contributed by atoms with Crippen LogP contribution in [0.4, 0.5) is 42.4 Å². The Labute approximate surface area is 355 Å². The topological polar surface area (TPSA) is 214 Å². The van der Waals surface area contributed by atoms with Crippen molar-refractivity contribution in [3.05, 3.63) is 58.8 Å². The first kappa shape index (κ1) is 40.9. The average molecular weight is 856 g/mol. The van der Waals surface area contributed by atoms with Crippen molar-refractivity contribution in [2.45, 2.75) is 44.2 Å². The Morgan fingerprint density at radius 2 is 1.63 bits per heavy atom. The van der Waals surface area contributed by atoms with E-state index in [1.54, 1.807) is 29.0 Å². The summed E-state index contributed by atoms with van der Waals surface area (Å²) < 4.78 is 31.5. The number of fused-ring (bicyclic) bond motifs is 1. The Kier molecular flexibility index (Phi) is 10.8. The van der Waals surface area contributed by atoms with Crippen LogP contribution in [0.25, 0.3) is 0 Å². The Morgan fingerprint density at radius 1 is 0.839 bits per heavy atom. The van der Waals surface area contributed by atoms with Crippen LogP contribution < -0.4 is 31.1 Å². The second-order valence-corrected chi connectivity index (χ2v) is 16.8. The summed E-state index contributed by atoms with van der Waals surface area (Å²) in [5.74, 6) is -4.22. The smallest absolute Gasteiger partial charge is 0.320 e. The molecule has 0 spiro atoms. The summed E-state index contributed by atoms with van der Waals surface area (Å²) in [5.41, 5.74) is 6.38. The zero-order valence-electron chi connectivity index (χ0n) is 34.2. The molecule has 3 atom stereocenters. The number of imide groups is 2. The third kappa shape index (κ3) is 7.68. The SMILES string of the molecule is CN1CCN(C2CCCN(c3nnc(C(N)=O)c(Nc4cc(F)c(N5CCN(CC6CCN(c7ccc8c(c7)C(=O)N(C7CCC(=O)NC7=O)C8=O)C6)CC5)cc4F)n3)C2)C1=O. The van der Waals surface area contributed by atoms with E-state index < -0.39 is 47.2 Å². The molecule has 0 radical (unpaired) electrons. The lowest BCUT2D eigenvalue weighted by Gasteiger charge is -2.37. The molecule has 7 amide bonds. The highest BCUT2D eigenvalue weighted by Crippen LogP contribution is 2.34. The summed E-state index contributed by atoms with van der Waals surface area (Å²) in [7, 11) is 1.76. The number of anilines is 5. The number of rotatable bonds is 10. The number of halogens is 2. The number of piperidine rings is 2. The second kappa shape index (κ2) is 16.4. The van der Waals surface area contributed by atoms with Crippen molar-refractivity contribution in [2.75, 3.05) is 99.1 Å². The number of piperazine rings is 1. The number of hydrogen-bond donors (Lipinski definition) is 3. The van der Waals surface area contributed by atoms with E-state index in [9.17, 15) is 28.8 Å². The van der Waals surface area contributed by atoms with Gasteiger partial charge in [0, 0.05) is 103 Å². The van der Waals surface area contributed by atoms with Crippen molar-refractivity contribution in [3.63, 3.8) is 0 Å². The molecule has 21 heteroatoms. The zero-order valence-corrected chi connectivity index (χ0v) is 34.2. The van der Waals surface area contributed by atoms with Crippen LogP contribution >= 0.6 is 0 Å². The minimum atomic E-state index is -1.02. The van der Waals surface area contributed by atoms with Gasteiger partial charge in [-0.2, -0.15) is 4.98 Å². The van der Waals surface area contributed by atoms with Crippen molar-refractivity contribution in [1.82, 2.24) is 40.1 Å². The number of primary amides is 1. The lowest BCUT2D eigenvalue weighted by Crippen LogP contribution is -2.54. The lowest BCUT2D eigenvalue weighted by atomic mass is 10.0. The van der Waals surface area contributed by atoms with Gasteiger partial charge in [-0.15, -0.1) is 10.2 Å². The highest BCUT2D eigenvalue weighted by atomic mass is 19.1. The Morgan fingerprint density at radius 3 is 2.37 bits per heavy atom. The molecule has 6 aliphatic heterocycles. The standard InChI is InChI=1S/C41H47F2N13O6/c1-50-11-16-55(41(50)62)25-3-2-9-54(22-25)40-47-36(34(35(44)58)48-49-40)45-30-18-29(43)32(19-28(30)42)52-14-12-51(13-15-52)20-23-8-10-53(21-23)24-4-5-26-27(17-24)39(61)56(38(26)60)31-6-7-33(57)46-37(31)59/h4-5,17-19,23,25,31H,2-3,6-16,20-22H2,1H3,(H2,44,58)(H,45,47,49)(H,46,57,59). The number of carbonyl (C=O) groups excluding carboxylic acids is 6. The van der Waals surface area contributed by atoms with Gasteiger partial charge in [0.2, 0.25) is 17.8 Å². The Balaban J connectivity index is 0.801. The minimum Gasteiger partial charge on any atom is -0.371 e. The molecule has 2 aromatic carbocycles. The maximum absolute atomic E-state index is 15.8. The number of benzene rings is 2. The molecule has 19 nitrogen and oxygen atoms in total. The minimum absolute atomic E-state index is 0.0407. The maximum atomic E-state index is 15.8. The predicted octanol–water partition coefficient (Wildman–Crippen LogP) is 1.38. The fourth-order valence-corrected chi connectivity index (χ4v) is 9.51. The van der Waals surface area contributed by atoms with E-state index in [4.69, 9.17) is 5.73 Å². The molecule has 1 aromatic heterocycles. The van der Waals surface area contributed by atoms with E-state index >= 15 is 8.78 Å². The van der Waals surface area contributed by atoms with Gasteiger partial charge in [-0.25, -0.2) is 13.6 Å². The van der Waals surface area contributed by atoms with Gasteiger partial charge in [-0.3, -0.25) is 39.1 Å². The number of likely N-dealkylation sites (N-methyl/N-ethyl adjacent to an activating group) is 1. The summed E-state index contributed by atoms with van der Waals surface area (Å²) in [5, 5.41) is 13.1. The molecule has 62 heavy (non-hydrogen) atoms. The van der Waals surface area contributed by atoms with Crippen molar-refractivity contribution >= 4 is 64.4 Å². The van der Waals surface area contributed by atoms with Crippen LogP contribution in [0.3, 0.4) is 0 Å². The lowest BCUT2D eigenvalue weighted by molar-refractivity contribution is -0.136. The number of carbonyl (C=O) groups is 6. The maximum Gasteiger partial charge on any atom is 0.320 e. The van der Waals surface area contributed by atoms with Gasteiger partial charge in [0.05, 0.1) is 28.5 Å². The van der Waals surface area contributed by atoms with Crippen LogP contribution in [0.1, 0.15) is 63.3 Å². The van der Waals surface area contributed by atoms with E-state index in [0.717, 1.165) is 61.6 Å². The number of urea groups is 1. The summed E-state index contributed by atoms with van der Waals surface area (Å²) in [6.45, 7) is 6.72. The molecule has 3 unspecified atom stereocenters. The van der Waals surface area contributed by atoms with Gasteiger partial charge in [0.15, 0.2) is 11.5 Å². The molecular weight excluding hydrogens is 809 g/mol. The van der Waals surface area contributed by atoms with Crippen LogP contribution in [0, 0.1) is 17.6 Å². The monoisotopic (exact) mass is 855 g/mol. The van der Waals surface area contributed by atoms with E-state index in [2.05, 4.69) is 35.6 Å². The van der Waals surface area contributed by atoms with E-state index in [1.807, 2.05) is 15.9 Å². The fourth-order valence-electron chi connectivity index (χ4n) is 9.51. The third-order valence-electron chi connectivity index (χ3n) is 12.9. The summed E-state index contributed by atoms with van der Waals surface area (Å²) in [6.07, 6.45) is 2.62. The number of hydrogen-bond acceptors (Lipinski definition) is 14. The number of aromatic nitrogens is 3. The first-order chi connectivity index (χ1) is 29.8. The second-order valence-electron chi connectivity index (χ2n) is 16.8. The molecule has 9 rings (SSSR count). The van der Waals surface area contributed by atoms with Gasteiger partial charge in [-0.1, -0.05) is 0 Å². The van der Waals surface area contributed by atoms with Gasteiger partial charge in [0.1, 0.15) is 17.7 Å². The van der Waals surface area contributed by atoms with Gasteiger partial charge in [0.25, 0.3) is 17.7 Å². The van der Waals surface area contributed by atoms with Gasteiger partial charge < -0.3 is 35.6 Å². The molecule has 7 heterocycles. The number of nitrogens with two attached hydrogens (primary N) is 1. The number of nitrogens with one attached hydrogen (secondary N) is 2. The van der Waals surface area contributed by atoms with Gasteiger partial charge >= 0.3 is 6.03 Å². The number of amides is 7. The van der Waals surface area contributed by atoms with Crippen molar-refractivity contribution < 1.29 is 37.5 Å². The molecule has 3 aromatic rings. The quantitative estimate of drug-likeness (QED) is 0.246. The predicted molar refractivity (Wildman–Crippen MR) is 220 cm³/mol. The normalized spacial score (nSPS) is 23.5. The largest absolute Gasteiger partial charge is 0.371 e. The molecule has 4 N–H and O–H groups in total. The van der Waals surface area contributed by atoms with Crippen LogP contribution in [0.5, 0.6) is 0 Å². The zero-order chi connectivity index (χ0) is 43.4. The summed E-state index contributed by atoms with van der Waals surface area (Å²) in [4.78, 5) is 92.7. The molecule has 5 saturated heterocycles. The molecule has 0 saturated carbocycles. The summed E-state index contributed by atoms with van der Waals surface area (Å²) in [6, 6.07) is 6.17. The van der Waals surface area contributed by atoms with E-state index in [1.165, 1.54) is 0 Å². The van der Waals surface area contributed by atoms with Crippen molar-refractivity contribution in [2.24, 2.45) is 11.7 Å². The fraction of sp³-hybridized carbons (Fsp3) is 0.488. The van der Waals surface area contributed by atoms with Crippen LogP contribution in [-0.2, 0) is 9.59 Å². The van der Waals surface area contributed by atoms with E-state index in [0.29, 0.717) is 58.3 Å². The molecular formula is C41H47F2N13O6. The summed E-state index contributed by atoms with van der Waals surface area (Å²) >= 11 is 0.